The van der Waals surface area contributed by atoms with E-state index in [0.717, 1.165) is 54.6 Å². The molecule has 0 bridgehead atoms. The number of aliphatic carboxylic acids is 1. The molecule has 0 radical (unpaired) electrons. The predicted octanol–water partition coefficient (Wildman–Crippen LogP) is 4.10. The van der Waals surface area contributed by atoms with Crippen molar-refractivity contribution in [3.8, 4) is 5.75 Å². The van der Waals surface area contributed by atoms with Crippen molar-refractivity contribution in [3.63, 3.8) is 0 Å². The first-order valence-corrected chi connectivity index (χ1v) is 9.10. The Hall–Kier alpha value is -1.07. The summed E-state index contributed by atoms with van der Waals surface area (Å²) in [5.41, 5.74) is 1.14. The molecule has 128 valence electrons. The van der Waals surface area contributed by atoms with Gasteiger partial charge in [0.2, 0.25) is 0 Å². The van der Waals surface area contributed by atoms with Crippen LogP contribution < -0.4 is 4.74 Å². The maximum atomic E-state index is 10.8. The number of halogens is 1. The van der Waals surface area contributed by atoms with Crippen LogP contribution in [0, 0.1) is 12.8 Å². The number of hydrogen-bond acceptors (Lipinski definition) is 3. The largest absolute Gasteiger partial charge is 0.493 e. The van der Waals surface area contributed by atoms with E-state index in [4.69, 9.17) is 9.84 Å². The number of carbonyl (C=O) groups is 1. The molecule has 23 heavy (non-hydrogen) atoms. The van der Waals surface area contributed by atoms with E-state index < -0.39 is 5.97 Å². The van der Waals surface area contributed by atoms with Crippen molar-refractivity contribution in [3.05, 3.63) is 28.2 Å². The third-order valence-electron chi connectivity index (χ3n) is 4.69. The quantitative estimate of drug-likeness (QED) is 0.719. The lowest BCUT2D eigenvalue weighted by atomic mass is 9.88. The number of ether oxygens (including phenoxy) is 1. The topological polar surface area (TPSA) is 49.8 Å². The number of benzene rings is 1. The average Bonchev–Trinajstić information content (AvgIpc) is 2.50. The van der Waals surface area contributed by atoms with Crippen LogP contribution in [-0.2, 0) is 4.79 Å². The Morgan fingerprint density at radius 1 is 1.48 bits per heavy atom. The van der Waals surface area contributed by atoms with Crippen LogP contribution in [0.25, 0.3) is 0 Å². The summed E-state index contributed by atoms with van der Waals surface area (Å²) in [6, 6.07) is 6.38. The fourth-order valence-electron chi connectivity index (χ4n) is 3.29. The summed E-state index contributed by atoms with van der Waals surface area (Å²) in [5, 5.41) is 8.91. The molecule has 0 unspecified atom stereocenters. The van der Waals surface area contributed by atoms with Crippen LogP contribution in [0.5, 0.6) is 5.75 Å². The van der Waals surface area contributed by atoms with Gasteiger partial charge in [0.05, 0.1) is 13.2 Å². The zero-order valence-corrected chi connectivity index (χ0v) is 15.5. The molecule has 0 saturated carbocycles. The normalized spacial score (nSPS) is 22.0. The van der Waals surface area contributed by atoms with Gasteiger partial charge in [-0.2, -0.15) is 0 Å². The molecule has 0 spiro atoms. The van der Waals surface area contributed by atoms with Gasteiger partial charge in [-0.15, -0.1) is 0 Å². The molecule has 2 rings (SSSR count). The van der Waals surface area contributed by atoms with E-state index in [1.807, 2.05) is 18.2 Å². The zero-order valence-electron chi connectivity index (χ0n) is 13.9. The van der Waals surface area contributed by atoms with Crippen molar-refractivity contribution in [2.24, 2.45) is 5.92 Å². The maximum Gasteiger partial charge on any atom is 0.317 e. The van der Waals surface area contributed by atoms with Crippen LogP contribution in [0.3, 0.4) is 0 Å². The summed E-state index contributed by atoms with van der Waals surface area (Å²) >= 11 is 3.52. The first-order chi connectivity index (χ1) is 11.0. The number of carboxylic acids is 1. The molecule has 1 aromatic carbocycles. The Balaban J connectivity index is 1.69. The molecule has 1 saturated heterocycles. The lowest BCUT2D eigenvalue weighted by Crippen LogP contribution is -2.43. The van der Waals surface area contributed by atoms with Gasteiger partial charge in [0.25, 0.3) is 0 Å². The minimum Gasteiger partial charge on any atom is -0.493 e. The van der Waals surface area contributed by atoms with E-state index in [9.17, 15) is 4.79 Å². The second-order valence-corrected chi connectivity index (χ2v) is 7.31. The highest BCUT2D eigenvalue weighted by Gasteiger charge is 2.26. The fraction of sp³-hybridized carbons (Fsp3) is 0.611. The molecular weight excluding hydrogens is 358 g/mol. The van der Waals surface area contributed by atoms with Crippen molar-refractivity contribution in [2.75, 3.05) is 19.7 Å². The Kier molecular flexibility index (Phi) is 6.90. The molecule has 1 heterocycles. The molecule has 0 amide bonds. The molecular formula is C18H26BrNO3. The lowest BCUT2D eigenvalue weighted by molar-refractivity contribution is -0.139. The maximum absolute atomic E-state index is 10.8. The molecule has 0 aliphatic carbocycles. The molecule has 1 aliphatic rings. The second kappa shape index (κ2) is 8.69. The van der Waals surface area contributed by atoms with E-state index in [1.165, 1.54) is 0 Å². The van der Waals surface area contributed by atoms with E-state index in [1.54, 1.807) is 0 Å². The van der Waals surface area contributed by atoms with Crippen LogP contribution in [-0.4, -0.2) is 41.7 Å². The van der Waals surface area contributed by atoms with Gasteiger partial charge in [-0.1, -0.05) is 22.0 Å². The van der Waals surface area contributed by atoms with Crippen molar-refractivity contribution < 1.29 is 14.6 Å². The number of likely N-dealkylation sites (tertiary alicyclic amines) is 1. The van der Waals surface area contributed by atoms with Gasteiger partial charge in [-0.3, -0.25) is 9.69 Å². The molecule has 0 aromatic heterocycles. The van der Waals surface area contributed by atoms with E-state index in [2.05, 4.69) is 34.7 Å². The summed E-state index contributed by atoms with van der Waals surface area (Å²) in [5.74, 6) is 0.902. The van der Waals surface area contributed by atoms with Gasteiger partial charge in [0, 0.05) is 16.1 Å². The third-order valence-corrected chi connectivity index (χ3v) is 5.55. The molecule has 1 N–H and O–H groups in total. The van der Waals surface area contributed by atoms with E-state index in [-0.39, 0.29) is 6.54 Å². The third kappa shape index (κ3) is 5.50. The van der Waals surface area contributed by atoms with E-state index in [0.29, 0.717) is 12.0 Å². The Labute approximate surface area is 147 Å². The number of rotatable bonds is 7. The monoisotopic (exact) mass is 383 g/mol. The van der Waals surface area contributed by atoms with Crippen LogP contribution in [0.15, 0.2) is 22.7 Å². The highest BCUT2D eigenvalue weighted by atomic mass is 79.9. The summed E-state index contributed by atoms with van der Waals surface area (Å²) < 4.78 is 6.97. The number of nitrogens with zero attached hydrogens (tertiary/aromatic N) is 1. The van der Waals surface area contributed by atoms with Crippen molar-refractivity contribution in [1.82, 2.24) is 4.90 Å². The van der Waals surface area contributed by atoms with Gasteiger partial charge in [-0.25, -0.2) is 0 Å². The van der Waals surface area contributed by atoms with E-state index >= 15 is 0 Å². The van der Waals surface area contributed by atoms with Gasteiger partial charge >= 0.3 is 5.97 Å². The van der Waals surface area contributed by atoms with Crippen LogP contribution >= 0.6 is 15.9 Å². The number of hydrogen-bond donors (Lipinski definition) is 1. The molecule has 1 fully saturated rings. The van der Waals surface area contributed by atoms with Crippen LogP contribution in [0.4, 0.5) is 0 Å². The highest BCUT2D eigenvalue weighted by molar-refractivity contribution is 9.10. The summed E-state index contributed by atoms with van der Waals surface area (Å²) in [7, 11) is 0. The van der Waals surface area contributed by atoms with Gasteiger partial charge < -0.3 is 9.84 Å². The minimum atomic E-state index is -0.729. The first-order valence-electron chi connectivity index (χ1n) is 8.31. The minimum absolute atomic E-state index is 0.166. The summed E-state index contributed by atoms with van der Waals surface area (Å²) in [6.07, 6.45) is 4.37. The standard InChI is InChI=1S/C18H26BrNO3/c1-13-11-15(8-9-20(13)12-18(21)22)5-4-10-23-17-7-3-6-16(19)14(17)2/h3,6-7,13,15H,4-5,8-12H2,1-2H3,(H,21,22)/t13-,15-/m0/s1. The van der Waals surface area contributed by atoms with Gasteiger partial charge in [0.15, 0.2) is 0 Å². The Morgan fingerprint density at radius 3 is 2.96 bits per heavy atom. The number of piperidine rings is 1. The summed E-state index contributed by atoms with van der Waals surface area (Å²) in [4.78, 5) is 12.9. The number of carboxylic acid groups (broad SMARTS) is 1. The molecule has 2 atom stereocenters. The first kappa shape index (κ1) is 18.3. The zero-order chi connectivity index (χ0) is 16.8. The molecule has 5 heteroatoms. The Bertz CT molecular complexity index is 535. The Morgan fingerprint density at radius 2 is 2.26 bits per heavy atom. The van der Waals surface area contributed by atoms with Crippen LogP contribution in [0.2, 0.25) is 0 Å². The van der Waals surface area contributed by atoms with Gasteiger partial charge in [0.1, 0.15) is 5.75 Å². The summed E-state index contributed by atoms with van der Waals surface area (Å²) in [6.45, 7) is 5.99. The van der Waals surface area contributed by atoms with Crippen LogP contribution in [0.1, 0.15) is 38.2 Å². The van der Waals surface area contributed by atoms with Gasteiger partial charge in [-0.05, 0) is 64.1 Å². The SMILES string of the molecule is Cc1c(Br)cccc1OCCC[C@H]1CCN(CC(=O)O)[C@@H](C)C1. The molecule has 4 nitrogen and oxygen atoms in total. The molecule has 1 aliphatic heterocycles. The van der Waals surface area contributed by atoms with Crippen molar-refractivity contribution in [1.29, 1.82) is 0 Å². The predicted molar refractivity (Wildman–Crippen MR) is 95.0 cm³/mol. The average molecular weight is 384 g/mol. The molecule has 1 aromatic rings. The second-order valence-electron chi connectivity index (χ2n) is 6.46. The highest BCUT2D eigenvalue weighted by Crippen LogP contribution is 2.28. The van der Waals surface area contributed by atoms with Crippen molar-refractivity contribution >= 4 is 21.9 Å². The fourth-order valence-corrected chi connectivity index (χ4v) is 3.64. The lowest BCUT2D eigenvalue weighted by Gasteiger charge is -2.36. The van der Waals surface area contributed by atoms with Crippen molar-refractivity contribution in [2.45, 2.75) is 45.6 Å². The smallest absolute Gasteiger partial charge is 0.317 e.